The maximum absolute atomic E-state index is 12.7. The average Bonchev–Trinajstić information content (AvgIpc) is 3.29. The summed E-state index contributed by atoms with van der Waals surface area (Å²) in [5.41, 5.74) is 0.319. The molecule has 2 aliphatic heterocycles. The van der Waals surface area contributed by atoms with Crippen LogP contribution in [0.4, 0.5) is 0 Å². The molecular weight excluding hydrogens is 410 g/mol. The molecular formula is C20H25N3O4S2. The Hall–Kier alpha value is -1.81. The van der Waals surface area contributed by atoms with Crippen LogP contribution in [0.15, 0.2) is 46.2 Å². The van der Waals surface area contributed by atoms with Gasteiger partial charge in [0.05, 0.1) is 5.60 Å². The van der Waals surface area contributed by atoms with Gasteiger partial charge in [0.15, 0.2) is 0 Å². The number of aromatic nitrogens is 1. The minimum absolute atomic E-state index is 0.0928. The molecule has 2 aromatic rings. The van der Waals surface area contributed by atoms with E-state index < -0.39 is 10.0 Å². The van der Waals surface area contributed by atoms with Crippen molar-refractivity contribution in [2.75, 3.05) is 26.2 Å². The van der Waals surface area contributed by atoms with E-state index in [9.17, 15) is 13.2 Å². The van der Waals surface area contributed by atoms with Crippen molar-refractivity contribution in [1.29, 1.82) is 0 Å². The van der Waals surface area contributed by atoms with Crippen molar-refractivity contribution in [3.05, 3.63) is 47.6 Å². The van der Waals surface area contributed by atoms with Crippen LogP contribution in [0.5, 0.6) is 0 Å². The first-order valence-corrected chi connectivity index (χ1v) is 12.2. The van der Waals surface area contributed by atoms with Crippen molar-refractivity contribution >= 4 is 27.3 Å². The molecule has 0 radical (unpaired) electrons. The number of carbonyl (C=O) groups is 1. The summed E-state index contributed by atoms with van der Waals surface area (Å²) in [6, 6.07) is 6.82. The van der Waals surface area contributed by atoms with Gasteiger partial charge in [-0.25, -0.2) is 8.42 Å². The zero-order valence-electron chi connectivity index (χ0n) is 16.1. The highest BCUT2D eigenvalue weighted by atomic mass is 32.2. The number of ether oxygens (including phenoxy) is 1. The molecule has 1 atom stereocenters. The number of nitrogens with one attached hydrogen (secondary N) is 1. The smallest absolute Gasteiger partial charge is 0.252 e. The van der Waals surface area contributed by atoms with Crippen LogP contribution >= 0.6 is 11.3 Å². The normalized spacial score (nSPS) is 22.4. The Morgan fingerprint density at radius 3 is 2.72 bits per heavy atom. The molecule has 1 N–H and O–H groups in total. The molecule has 2 saturated heterocycles. The number of rotatable bonds is 5. The molecule has 7 nitrogen and oxygen atoms in total. The van der Waals surface area contributed by atoms with Crippen LogP contribution in [0.1, 0.15) is 36.0 Å². The number of nitrogens with zero attached hydrogens (tertiary/aromatic N) is 2. The Morgan fingerprint density at radius 1 is 1.28 bits per heavy atom. The highest BCUT2D eigenvalue weighted by Crippen LogP contribution is 2.39. The van der Waals surface area contributed by atoms with E-state index in [2.05, 4.69) is 10.3 Å². The number of pyridine rings is 1. The van der Waals surface area contributed by atoms with Crippen molar-refractivity contribution in [2.45, 2.75) is 35.5 Å². The molecule has 0 aliphatic carbocycles. The number of piperidine rings is 1. The summed E-state index contributed by atoms with van der Waals surface area (Å²) in [7, 11) is -3.41. The maximum Gasteiger partial charge on any atom is 0.252 e. The van der Waals surface area contributed by atoms with Crippen LogP contribution in [-0.2, 0) is 14.8 Å². The van der Waals surface area contributed by atoms with Crippen LogP contribution in [0.25, 0.3) is 0 Å². The van der Waals surface area contributed by atoms with Gasteiger partial charge in [-0.15, -0.1) is 11.3 Å². The molecule has 0 aromatic carbocycles. The maximum atomic E-state index is 12.7. The second kappa shape index (κ2) is 8.51. The van der Waals surface area contributed by atoms with Crippen LogP contribution in [-0.4, -0.2) is 55.5 Å². The van der Waals surface area contributed by atoms with Crippen LogP contribution < -0.4 is 5.32 Å². The number of amides is 1. The van der Waals surface area contributed by atoms with E-state index in [4.69, 9.17) is 4.74 Å². The van der Waals surface area contributed by atoms with E-state index in [-0.39, 0.29) is 11.5 Å². The van der Waals surface area contributed by atoms with Gasteiger partial charge in [0.1, 0.15) is 4.21 Å². The summed E-state index contributed by atoms with van der Waals surface area (Å²) in [6.45, 7) is 2.18. The average molecular weight is 436 g/mol. The van der Waals surface area contributed by atoms with E-state index in [0.29, 0.717) is 54.8 Å². The SMILES string of the molecule is O=C(NCC1CCOC2(CCN(S(=O)(=O)c3cccs3)CC2)C1)c1ccncc1. The highest BCUT2D eigenvalue weighted by Gasteiger charge is 2.42. The number of hydrogen-bond donors (Lipinski definition) is 1. The summed E-state index contributed by atoms with van der Waals surface area (Å²) in [6.07, 6.45) is 6.33. The fourth-order valence-electron chi connectivity index (χ4n) is 4.17. The molecule has 4 rings (SSSR count). The summed E-state index contributed by atoms with van der Waals surface area (Å²) in [5, 5.41) is 4.80. The monoisotopic (exact) mass is 435 g/mol. The third-order valence-electron chi connectivity index (χ3n) is 5.81. The fraction of sp³-hybridized carbons (Fsp3) is 0.500. The first kappa shape index (κ1) is 20.5. The lowest BCUT2D eigenvalue weighted by molar-refractivity contribution is -0.119. The minimum atomic E-state index is -3.41. The van der Waals surface area contributed by atoms with E-state index in [1.54, 1.807) is 46.3 Å². The zero-order valence-corrected chi connectivity index (χ0v) is 17.8. The zero-order chi connectivity index (χ0) is 20.3. The number of hydrogen-bond acceptors (Lipinski definition) is 6. The van der Waals surface area contributed by atoms with Gasteiger partial charge in [0.2, 0.25) is 0 Å². The lowest BCUT2D eigenvalue weighted by Crippen LogP contribution is -2.51. The van der Waals surface area contributed by atoms with Gasteiger partial charge in [0.25, 0.3) is 15.9 Å². The summed E-state index contributed by atoms with van der Waals surface area (Å²) in [5.74, 6) is 0.236. The van der Waals surface area contributed by atoms with Gasteiger partial charge in [0, 0.05) is 44.2 Å². The Labute approximate surface area is 175 Å². The molecule has 2 aliphatic rings. The highest BCUT2D eigenvalue weighted by molar-refractivity contribution is 7.91. The summed E-state index contributed by atoms with van der Waals surface area (Å²) >= 11 is 1.25. The van der Waals surface area contributed by atoms with Crippen LogP contribution in [0, 0.1) is 5.92 Å². The second-order valence-electron chi connectivity index (χ2n) is 7.67. The van der Waals surface area contributed by atoms with Gasteiger partial charge >= 0.3 is 0 Å². The summed E-state index contributed by atoms with van der Waals surface area (Å²) < 4.78 is 33.6. The van der Waals surface area contributed by atoms with E-state index in [1.807, 2.05) is 0 Å². The van der Waals surface area contributed by atoms with Gasteiger partial charge in [-0.1, -0.05) is 6.07 Å². The van der Waals surface area contributed by atoms with Gasteiger partial charge < -0.3 is 10.1 Å². The first-order chi connectivity index (χ1) is 14.0. The third-order valence-corrected chi connectivity index (χ3v) is 9.08. The van der Waals surface area contributed by atoms with Gasteiger partial charge in [-0.2, -0.15) is 4.31 Å². The van der Waals surface area contributed by atoms with Crippen LogP contribution in [0.2, 0.25) is 0 Å². The molecule has 2 fully saturated rings. The minimum Gasteiger partial charge on any atom is -0.375 e. The van der Waals surface area contributed by atoms with Crippen LogP contribution in [0.3, 0.4) is 0 Å². The standard InChI is InChI=1S/C20H25N3O4S2/c24-19(17-3-8-21-9-4-17)22-15-16-5-12-27-20(14-16)6-10-23(11-7-20)29(25,26)18-2-1-13-28-18/h1-4,8-9,13,16H,5-7,10-12,14-15H2,(H,22,24). The van der Waals surface area contributed by atoms with Crippen molar-refractivity contribution in [2.24, 2.45) is 5.92 Å². The molecule has 1 amide bonds. The molecule has 1 unspecified atom stereocenters. The van der Waals surface area contributed by atoms with Crippen molar-refractivity contribution in [3.63, 3.8) is 0 Å². The molecule has 1 spiro atoms. The molecule has 29 heavy (non-hydrogen) atoms. The lowest BCUT2D eigenvalue weighted by Gasteiger charge is -2.45. The van der Waals surface area contributed by atoms with Gasteiger partial charge in [-0.05, 0) is 55.2 Å². The predicted octanol–water partition coefficient (Wildman–Crippen LogP) is 2.52. The molecule has 9 heteroatoms. The second-order valence-corrected chi connectivity index (χ2v) is 10.8. The lowest BCUT2D eigenvalue weighted by atomic mass is 9.80. The molecule has 0 saturated carbocycles. The first-order valence-electron chi connectivity index (χ1n) is 9.84. The number of sulfonamides is 1. The van der Waals surface area contributed by atoms with Crippen molar-refractivity contribution in [3.8, 4) is 0 Å². The molecule has 4 heterocycles. The van der Waals surface area contributed by atoms with Gasteiger partial charge in [-0.3, -0.25) is 9.78 Å². The predicted molar refractivity (Wildman–Crippen MR) is 110 cm³/mol. The van der Waals surface area contributed by atoms with E-state index in [1.165, 1.54) is 11.3 Å². The molecule has 156 valence electrons. The number of thiophene rings is 1. The van der Waals surface area contributed by atoms with Crippen molar-refractivity contribution in [1.82, 2.24) is 14.6 Å². The Kier molecular flexibility index (Phi) is 6.00. The summed E-state index contributed by atoms with van der Waals surface area (Å²) in [4.78, 5) is 16.2. The Balaban J connectivity index is 1.32. The number of carbonyl (C=O) groups excluding carboxylic acids is 1. The molecule has 2 aromatic heterocycles. The largest absolute Gasteiger partial charge is 0.375 e. The van der Waals surface area contributed by atoms with Crippen molar-refractivity contribution < 1.29 is 17.9 Å². The van der Waals surface area contributed by atoms with E-state index in [0.717, 1.165) is 12.8 Å². The fourth-order valence-corrected chi connectivity index (χ4v) is 6.75. The third kappa shape index (κ3) is 4.53. The Morgan fingerprint density at radius 2 is 2.03 bits per heavy atom. The topological polar surface area (TPSA) is 88.6 Å². The quantitative estimate of drug-likeness (QED) is 0.780. The van der Waals surface area contributed by atoms with E-state index >= 15 is 0 Å². The molecule has 0 bridgehead atoms. The Bertz CT molecular complexity index is 924.